The largest absolute Gasteiger partial charge is 0.481 e. The fraction of sp³-hybridized carbons (Fsp3) is 0.985. The van der Waals surface area contributed by atoms with Gasteiger partial charge in [0.1, 0.15) is 0 Å². The summed E-state index contributed by atoms with van der Waals surface area (Å²) in [6.45, 7) is 29.9. The van der Waals surface area contributed by atoms with Gasteiger partial charge in [0.25, 0.3) is 0 Å². The molecule has 0 fully saturated rings. The van der Waals surface area contributed by atoms with E-state index in [1.165, 1.54) is 0 Å². The van der Waals surface area contributed by atoms with Crippen LogP contribution in [0.2, 0.25) is 0 Å². The zero-order valence-corrected chi connectivity index (χ0v) is 61.0. The molecular weight excluding hydrogens is 1350 g/mol. The van der Waals surface area contributed by atoms with Gasteiger partial charge in [-0.25, -0.2) is 0 Å². The van der Waals surface area contributed by atoms with Crippen molar-refractivity contribution in [1.82, 2.24) is 0 Å². The minimum atomic E-state index is -0.881. The monoisotopic (exact) mass is 1480 g/mol. The second-order valence-corrected chi connectivity index (χ2v) is 20.2. The third-order valence-corrected chi connectivity index (χ3v) is 12.1. The van der Waals surface area contributed by atoms with Gasteiger partial charge in [0.05, 0.1) is 429 Å². The van der Waals surface area contributed by atoms with E-state index in [4.69, 9.17) is 162 Å². The van der Waals surface area contributed by atoms with Gasteiger partial charge in [-0.3, -0.25) is 4.79 Å². The van der Waals surface area contributed by atoms with E-state index in [1.54, 1.807) is 0 Å². The Balaban J connectivity index is 3.09. The van der Waals surface area contributed by atoms with Crippen LogP contribution < -0.4 is 5.73 Å². The summed E-state index contributed by atoms with van der Waals surface area (Å²) in [5, 5.41) is 8.53. The molecule has 0 aliphatic carbocycles. The van der Waals surface area contributed by atoms with E-state index in [1.807, 2.05) is 0 Å². The molecule has 0 aliphatic rings. The average Bonchev–Trinajstić information content (AvgIpc) is 3.69. The van der Waals surface area contributed by atoms with Gasteiger partial charge in [0.15, 0.2) is 0 Å². The van der Waals surface area contributed by atoms with Gasteiger partial charge in [-0.1, -0.05) is 0 Å². The lowest BCUT2D eigenvalue weighted by Gasteiger charge is -2.09. The Morgan fingerprint density at radius 2 is 0.208 bits per heavy atom. The molecule has 0 aliphatic heterocycles. The summed E-state index contributed by atoms with van der Waals surface area (Å²) in [6.07, 6.45) is -0.0117. The summed E-state index contributed by atoms with van der Waals surface area (Å²) in [7, 11) is 0. The van der Waals surface area contributed by atoms with Crippen molar-refractivity contribution in [2.24, 2.45) is 5.73 Å². The number of nitrogens with two attached hydrogens (primary N) is 1. The summed E-state index contributed by atoms with van der Waals surface area (Å²) in [4.78, 5) is 10.4. The zero-order valence-electron chi connectivity index (χ0n) is 61.0. The number of carboxylic acids is 1. The van der Waals surface area contributed by atoms with Crippen molar-refractivity contribution in [3.63, 3.8) is 0 Å². The maximum absolute atomic E-state index is 10.4. The maximum Gasteiger partial charge on any atom is 0.305 e. The van der Waals surface area contributed by atoms with Gasteiger partial charge in [-0.05, 0) is 0 Å². The first kappa shape index (κ1) is 99.2. The molecule has 35 nitrogen and oxygen atoms in total. The first-order chi connectivity index (χ1) is 50.3. The quantitative estimate of drug-likeness (QED) is 0.0593. The lowest BCUT2D eigenvalue weighted by atomic mass is 10.5. The highest BCUT2D eigenvalue weighted by molar-refractivity contribution is 5.66. The Labute approximate surface area is 600 Å². The third-order valence-electron chi connectivity index (χ3n) is 12.1. The zero-order chi connectivity index (χ0) is 72.2. The van der Waals surface area contributed by atoms with Gasteiger partial charge < -0.3 is 162 Å². The molecule has 3 N–H and O–H groups in total. The van der Waals surface area contributed by atoms with E-state index < -0.39 is 5.97 Å². The molecule has 0 rings (SSSR count). The molecule has 606 valence electrons. The van der Waals surface area contributed by atoms with E-state index in [9.17, 15) is 4.79 Å². The predicted molar refractivity (Wildman–Crippen MR) is 363 cm³/mol. The average molecular weight is 1480 g/mol. The van der Waals surface area contributed by atoms with Crippen LogP contribution >= 0.6 is 0 Å². The van der Waals surface area contributed by atoms with Gasteiger partial charge in [-0.15, -0.1) is 0 Å². The summed E-state index contributed by atoms with van der Waals surface area (Å²) >= 11 is 0. The minimum absolute atomic E-state index is 0.0117. The number of ether oxygens (including phenoxy) is 32. The van der Waals surface area contributed by atoms with Crippen LogP contribution in [0.4, 0.5) is 0 Å². The number of hydrogen-bond acceptors (Lipinski definition) is 34. The van der Waals surface area contributed by atoms with Crippen molar-refractivity contribution >= 4 is 5.97 Å². The van der Waals surface area contributed by atoms with E-state index in [2.05, 4.69) is 0 Å². The highest BCUT2D eigenvalue weighted by atomic mass is 16.6. The van der Waals surface area contributed by atoms with Crippen LogP contribution in [0.25, 0.3) is 0 Å². The molecule has 0 bridgehead atoms. The van der Waals surface area contributed by atoms with Crippen LogP contribution in [0.3, 0.4) is 0 Å². The normalized spacial score (nSPS) is 11.8. The Bertz CT molecular complexity index is 1470. The van der Waals surface area contributed by atoms with Crippen molar-refractivity contribution in [3.8, 4) is 0 Å². The van der Waals surface area contributed by atoms with Crippen LogP contribution in [0.15, 0.2) is 0 Å². The molecular formula is C66H133NO34. The van der Waals surface area contributed by atoms with Gasteiger partial charge in [0.2, 0.25) is 0 Å². The van der Waals surface area contributed by atoms with Gasteiger partial charge in [0, 0.05) is 0 Å². The lowest BCUT2D eigenvalue weighted by molar-refractivity contribution is -0.138. The molecule has 0 atom stereocenters. The van der Waals surface area contributed by atoms with Crippen LogP contribution in [0.1, 0.15) is 6.42 Å². The maximum atomic E-state index is 10.4. The second-order valence-electron chi connectivity index (χ2n) is 20.2. The topological polar surface area (TPSA) is 359 Å². The smallest absolute Gasteiger partial charge is 0.305 e. The SMILES string of the molecule is NCOCCOCCOCCOCCOCCOCCOCCOCCOCCOCCOCCOCCOCCOCCOCCOCCOCCOCCOCCOCCOCCOCCOCCOCCOCCOCCOCCOCCOCCOCCOCCOCCC(=O)O. The first-order valence-electron chi connectivity index (χ1n) is 35.7. The number of carbonyl (C=O) groups is 1. The summed E-state index contributed by atoms with van der Waals surface area (Å²) in [5.41, 5.74) is 5.23. The Hall–Kier alpha value is -1.85. The highest BCUT2D eigenvalue weighted by Gasteiger charge is 2.03. The van der Waals surface area contributed by atoms with Crippen molar-refractivity contribution in [2.45, 2.75) is 6.42 Å². The molecule has 0 aromatic carbocycles. The Morgan fingerprint density at radius 3 is 0.277 bits per heavy atom. The summed E-state index contributed by atoms with van der Waals surface area (Å²) < 4.78 is 175. The molecule has 0 saturated carbocycles. The fourth-order valence-electron chi connectivity index (χ4n) is 7.06. The standard InChI is InChI=1S/C66H133NO34/c67-65-101-64-63-100-62-61-99-60-59-98-58-57-97-56-55-96-54-53-95-52-51-94-50-49-93-48-47-92-46-45-91-44-43-90-42-41-89-40-39-88-38-37-87-36-35-86-34-33-85-32-31-84-30-29-83-28-27-82-26-25-81-24-23-80-22-21-79-20-19-78-18-17-77-16-15-76-14-13-75-12-11-74-10-9-73-8-7-72-6-5-71-4-3-70-2-1-66(68)69/h1-65,67H2,(H,68,69). The molecule has 0 saturated heterocycles. The van der Waals surface area contributed by atoms with Crippen LogP contribution in [-0.4, -0.2) is 434 Å². The number of hydrogen-bond donors (Lipinski definition) is 2. The second kappa shape index (κ2) is 96.2. The first-order valence-corrected chi connectivity index (χ1v) is 35.7. The Morgan fingerprint density at radius 1 is 0.139 bits per heavy atom. The van der Waals surface area contributed by atoms with Crippen LogP contribution in [0.5, 0.6) is 0 Å². The van der Waals surface area contributed by atoms with Crippen molar-refractivity contribution in [3.05, 3.63) is 0 Å². The van der Waals surface area contributed by atoms with E-state index in [0.717, 1.165) is 0 Å². The molecule has 0 aromatic rings. The number of rotatable bonds is 97. The molecule has 0 radical (unpaired) electrons. The number of carboxylic acid groups (broad SMARTS) is 1. The van der Waals surface area contributed by atoms with E-state index in [-0.39, 0.29) is 19.8 Å². The van der Waals surface area contributed by atoms with Gasteiger partial charge in [-0.2, -0.15) is 0 Å². The molecule has 0 aromatic heterocycles. The van der Waals surface area contributed by atoms with Crippen molar-refractivity contribution in [2.75, 3.05) is 423 Å². The molecule has 0 unspecified atom stereocenters. The van der Waals surface area contributed by atoms with E-state index in [0.29, 0.717) is 410 Å². The Kier molecular flexibility index (Phi) is 94.4. The summed E-state index contributed by atoms with van der Waals surface area (Å²) in [5.74, 6) is -0.881. The minimum Gasteiger partial charge on any atom is -0.481 e. The van der Waals surface area contributed by atoms with Crippen molar-refractivity contribution in [1.29, 1.82) is 0 Å². The fourth-order valence-corrected chi connectivity index (χ4v) is 7.06. The molecule has 0 heterocycles. The lowest BCUT2D eigenvalue weighted by Crippen LogP contribution is -2.16. The number of aliphatic carboxylic acids is 1. The van der Waals surface area contributed by atoms with E-state index >= 15 is 0 Å². The van der Waals surface area contributed by atoms with Gasteiger partial charge >= 0.3 is 5.97 Å². The molecule has 35 heteroatoms. The third kappa shape index (κ3) is 98.2. The predicted octanol–water partition coefficient (Wildman–Crippen LogP) is -0.0915. The molecule has 101 heavy (non-hydrogen) atoms. The summed E-state index contributed by atoms with van der Waals surface area (Å²) in [6, 6.07) is 0. The molecule has 0 amide bonds. The highest BCUT2D eigenvalue weighted by Crippen LogP contribution is 1.94. The van der Waals surface area contributed by atoms with Crippen LogP contribution in [0, 0.1) is 0 Å². The molecule has 0 spiro atoms. The van der Waals surface area contributed by atoms with Crippen LogP contribution in [-0.2, 0) is 156 Å². The van der Waals surface area contributed by atoms with Crippen molar-refractivity contribution < 1.29 is 161 Å².